The Kier molecular flexibility index (Phi) is 6.61. The normalized spacial score (nSPS) is 15.8. The summed E-state index contributed by atoms with van der Waals surface area (Å²) in [6, 6.07) is 21.5. The van der Waals surface area contributed by atoms with Gasteiger partial charge in [-0.2, -0.15) is 0 Å². The molecular weight excluding hydrogens is 420 g/mol. The van der Waals surface area contributed by atoms with E-state index < -0.39 is 0 Å². The van der Waals surface area contributed by atoms with E-state index in [1.54, 1.807) is 7.11 Å². The Hall–Kier alpha value is -3.51. The summed E-state index contributed by atoms with van der Waals surface area (Å²) in [6.07, 6.45) is 1.81. The van der Waals surface area contributed by atoms with Gasteiger partial charge in [-0.1, -0.05) is 48.5 Å². The number of amidine groups is 1. The first-order valence-electron chi connectivity index (χ1n) is 10.2. The van der Waals surface area contributed by atoms with Crippen molar-refractivity contribution in [1.29, 1.82) is 0 Å². The van der Waals surface area contributed by atoms with Gasteiger partial charge in [0.1, 0.15) is 6.61 Å². The van der Waals surface area contributed by atoms with Gasteiger partial charge in [-0.25, -0.2) is 4.99 Å². The minimum atomic E-state index is -0.186. The molecular formula is C26H24N2O3S. The van der Waals surface area contributed by atoms with E-state index in [1.165, 1.54) is 17.3 Å². The summed E-state index contributed by atoms with van der Waals surface area (Å²) < 4.78 is 11.6. The van der Waals surface area contributed by atoms with Crippen molar-refractivity contribution < 1.29 is 14.3 Å². The van der Waals surface area contributed by atoms with E-state index in [0.717, 1.165) is 22.4 Å². The Bertz CT molecular complexity index is 1200. The summed E-state index contributed by atoms with van der Waals surface area (Å²) in [7, 11) is 1.60. The van der Waals surface area contributed by atoms with Gasteiger partial charge in [-0.15, -0.1) is 0 Å². The monoisotopic (exact) mass is 444 g/mol. The van der Waals surface area contributed by atoms with Crippen molar-refractivity contribution in [3.63, 3.8) is 0 Å². The minimum Gasteiger partial charge on any atom is -0.493 e. The zero-order valence-electron chi connectivity index (χ0n) is 18.2. The SMILES string of the molecule is COc1cccc(/C=C2/SC(=Nc3ccc(C)c(C)c3)NC2=O)c1OCc1ccccc1. The van der Waals surface area contributed by atoms with Crippen LogP contribution >= 0.6 is 11.8 Å². The van der Waals surface area contributed by atoms with Crippen LogP contribution in [0.2, 0.25) is 0 Å². The quantitative estimate of drug-likeness (QED) is 0.490. The summed E-state index contributed by atoms with van der Waals surface area (Å²) in [6.45, 7) is 4.51. The predicted octanol–water partition coefficient (Wildman–Crippen LogP) is 5.78. The molecule has 1 saturated heterocycles. The van der Waals surface area contributed by atoms with Crippen LogP contribution < -0.4 is 14.8 Å². The number of aryl methyl sites for hydroxylation is 2. The molecule has 1 fully saturated rings. The van der Waals surface area contributed by atoms with Crippen LogP contribution in [0.4, 0.5) is 5.69 Å². The number of para-hydroxylation sites is 1. The first-order chi connectivity index (χ1) is 15.5. The predicted molar refractivity (Wildman–Crippen MR) is 130 cm³/mol. The van der Waals surface area contributed by atoms with Gasteiger partial charge >= 0.3 is 0 Å². The molecule has 32 heavy (non-hydrogen) atoms. The summed E-state index contributed by atoms with van der Waals surface area (Å²) >= 11 is 1.31. The molecule has 0 spiro atoms. The average Bonchev–Trinajstić information content (AvgIpc) is 3.14. The van der Waals surface area contributed by atoms with Crippen molar-refractivity contribution in [2.45, 2.75) is 20.5 Å². The van der Waals surface area contributed by atoms with Gasteiger partial charge < -0.3 is 14.8 Å². The van der Waals surface area contributed by atoms with E-state index in [-0.39, 0.29) is 5.91 Å². The maximum Gasteiger partial charge on any atom is 0.264 e. The number of aliphatic imine (C=N–C) groups is 1. The highest BCUT2D eigenvalue weighted by Gasteiger charge is 2.25. The molecule has 3 aromatic carbocycles. The number of rotatable bonds is 6. The fraction of sp³-hybridized carbons (Fsp3) is 0.154. The number of carbonyl (C=O) groups is 1. The molecule has 0 radical (unpaired) electrons. The number of carbonyl (C=O) groups excluding carboxylic acids is 1. The number of hydrogen-bond donors (Lipinski definition) is 1. The van der Waals surface area contributed by atoms with Gasteiger partial charge in [0.15, 0.2) is 16.7 Å². The third-order valence-electron chi connectivity index (χ3n) is 5.11. The zero-order chi connectivity index (χ0) is 22.5. The Morgan fingerprint density at radius 3 is 2.56 bits per heavy atom. The standard InChI is InChI=1S/C26H24N2O3S/c1-17-12-13-21(14-18(17)2)27-26-28-25(29)23(32-26)15-20-10-7-11-22(30-3)24(20)31-16-19-8-5-4-6-9-19/h4-15H,16H2,1-3H3,(H,27,28,29)/b23-15+. The molecule has 1 amide bonds. The van der Waals surface area contributed by atoms with E-state index in [0.29, 0.717) is 28.2 Å². The van der Waals surface area contributed by atoms with Crippen LogP contribution in [0.15, 0.2) is 76.6 Å². The highest BCUT2D eigenvalue weighted by molar-refractivity contribution is 8.18. The number of nitrogens with zero attached hydrogens (tertiary/aromatic N) is 1. The first kappa shape index (κ1) is 21.7. The molecule has 1 N–H and O–H groups in total. The number of hydrogen-bond acceptors (Lipinski definition) is 5. The average molecular weight is 445 g/mol. The molecule has 0 aliphatic carbocycles. The Morgan fingerprint density at radius 2 is 1.81 bits per heavy atom. The van der Waals surface area contributed by atoms with Gasteiger partial charge in [-0.05, 0) is 66.6 Å². The number of thioether (sulfide) groups is 1. The van der Waals surface area contributed by atoms with E-state index in [4.69, 9.17) is 9.47 Å². The number of methoxy groups -OCH3 is 1. The summed E-state index contributed by atoms with van der Waals surface area (Å²) in [5, 5.41) is 3.40. The van der Waals surface area contributed by atoms with E-state index >= 15 is 0 Å². The number of nitrogens with one attached hydrogen (secondary N) is 1. The molecule has 0 atom stereocenters. The highest BCUT2D eigenvalue weighted by Crippen LogP contribution is 2.36. The summed E-state index contributed by atoms with van der Waals surface area (Å²) in [5.74, 6) is 1.02. The van der Waals surface area contributed by atoms with Crippen LogP contribution in [0.1, 0.15) is 22.3 Å². The minimum absolute atomic E-state index is 0.186. The van der Waals surface area contributed by atoms with Gasteiger partial charge in [-0.3, -0.25) is 4.79 Å². The van der Waals surface area contributed by atoms with Crippen LogP contribution in [0.5, 0.6) is 11.5 Å². The van der Waals surface area contributed by atoms with E-state index in [2.05, 4.69) is 17.2 Å². The lowest BCUT2D eigenvalue weighted by atomic mass is 10.1. The van der Waals surface area contributed by atoms with Gasteiger partial charge in [0.25, 0.3) is 5.91 Å². The Balaban J connectivity index is 1.59. The molecule has 1 aliphatic heterocycles. The van der Waals surface area contributed by atoms with Crippen LogP contribution in [-0.2, 0) is 11.4 Å². The largest absolute Gasteiger partial charge is 0.493 e. The van der Waals surface area contributed by atoms with Gasteiger partial charge in [0.2, 0.25) is 0 Å². The third-order valence-corrected chi connectivity index (χ3v) is 6.02. The summed E-state index contributed by atoms with van der Waals surface area (Å²) in [4.78, 5) is 17.7. The molecule has 3 aromatic rings. The second-order valence-electron chi connectivity index (χ2n) is 7.40. The fourth-order valence-electron chi connectivity index (χ4n) is 3.23. The smallest absolute Gasteiger partial charge is 0.264 e. The molecule has 5 nitrogen and oxygen atoms in total. The van der Waals surface area contributed by atoms with Crippen LogP contribution in [0, 0.1) is 13.8 Å². The Labute approximate surface area is 192 Å². The van der Waals surface area contributed by atoms with Crippen molar-refractivity contribution in [2.24, 2.45) is 4.99 Å². The molecule has 162 valence electrons. The van der Waals surface area contributed by atoms with Crippen LogP contribution in [-0.4, -0.2) is 18.2 Å². The highest BCUT2D eigenvalue weighted by atomic mass is 32.2. The van der Waals surface area contributed by atoms with Crippen molar-refractivity contribution >= 4 is 34.6 Å². The second-order valence-corrected chi connectivity index (χ2v) is 8.43. The van der Waals surface area contributed by atoms with Gasteiger partial charge in [0.05, 0.1) is 17.7 Å². The van der Waals surface area contributed by atoms with E-state index in [9.17, 15) is 4.79 Å². The molecule has 4 rings (SSSR count). The number of benzene rings is 3. The lowest BCUT2D eigenvalue weighted by Crippen LogP contribution is -2.19. The third kappa shape index (κ3) is 5.03. The van der Waals surface area contributed by atoms with Crippen molar-refractivity contribution in [3.05, 3.63) is 93.9 Å². The molecule has 0 aromatic heterocycles. The first-order valence-corrected chi connectivity index (χ1v) is 11.1. The van der Waals surface area contributed by atoms with E-state index in [1.807, 2.05) is 79.7 Å². The zero-order valence-corrected chi connectivity index (χ0v) is 19.0. The lowest BCUT2D eigenvalue weighted by Gasteiger charge is -2.13. The number of ether oxygens (including phenoxy) is 2. The van der Waals surface area contributed by atoms with Crippen LogP contribution in [0.3, 0.4) is 0 Å². The lowest BCUT2D eigenvalue weighted by molar-refractivity contribution is -0.115. The molecule has 0 bridgehead atoms. The maximum atomic E-state index is 12.6. The van der Waals surface area contributed by atoms with Gasteiger partial charge in [0, 0.05) is 5.56 Å². The van der Waals surface area contributed by atoms with Crippen molar-refractivity contribution in [2.75, 3.05) is 7.11 Å². The molecule has 6 heteroatoms. The Morgan fingerprint density at radius 1 is 1.00 bits per heavy atom. The summed E-state index contributed by atoms with van der Waals surface area (Å²) in [5.41, 5.74) is 5.00. The maximum absolute atomic E-state index is 12.6. The molecule has 1 heterocycles. The fourth-order valence-corrected chi connectivity index (χ4v) is 4.06. The van der Waals surface area contributed by atoms with Crippen LogP contribution in [0.25, 0.3) is 6.08 Å². The van der Waals surface area contributed by atoms with Crippen molar-refractivity contribution in [1.82, 2.24) is 5.32 Å². The molecule has 0 unspecified atom stereocenters. The molecule has 0 saturated carbocycles. The van der Waals surface area contributed by atoms with Crippen molar-refractivity contribution in [3.8, 4) is 11.5 Å². The number of amides is 1. The topological polar surface area (TPSA) is 59.9 Å². The second kappa shape index (κ2) is 9.75. The molecule has 1 aliphatic rings.